The number of thioether (sulfide) groups is 3. The number of aliphatic carboxylic acids is 1. The molecule has 2 atom stereocenters. The van der Waals surface area contributed by atoms with Crippen LogP contribution in [0, 0.1) is 0 Å². The molecule has 206 valence electrons. The van der Waals surface area contributed by atoms with Crippen LogP contribution in [0.5, 0.6) is 0 Å². The zero-order valence-corrected chi connectivity index (χ0v) is 23.7. The van der Waals surface area contributed by atoms with Crippen LogP contribution >= 0.6 is 58.2 Å². The molecule has 2 aromatic heterocycles. The molecular formula is C21H20ClN7O6S4. The average molecular weight is 630 g/mol. The minimum absolute atomic E-state index is 0.0355. The largest absolute Gasteiger partial charge is 0.477 e. The summed E-state index contributed by atoms with van der Waals surface area (Å²) in [5.41, 5.74) is 5.68. The van der Waals surface area contributed by atoms with Gasteiger partial charge in [0, 0.05) is 46.0 Å². The van der Waals surface area contributed by atoms with Crippen LogP contribution in [0.3, 0.4) is 0 Å². The van der Waals surface area contributed by atoms with Crippen LogP contribution in [-0.2, 0) is 24.9 Å². The zero-order chi connectivity index (χ0) is 28.1. The van der Waals surface area contributed by atoms with Gasteiger partial charge in [0.1, 0.15) is 27.1 Å². The van der Waals surface area contributed by atoms with Crippen molar-refractivity contribution in [3.8, 4) is 0 Å². The van der Waals surface area contributed by atoms with E-state index in [0.717, 1.165) is 26.7 Å². The first-order valence-electron chi connectivity index (χ1n) is 11.0. The number of oxime groups is 1. The van der Waals surface area contributed by atoms with E-state index >= 15 is 0 Å². The molecule has 18 heteroatoms. The average Bonchev–Trinajstić information content (AvgIpc) is 3.25. The number of nitrogen functional groups attached to an aromatic ring is 1. The van der Waals surface area contributed by atoms with E-state index in [9.17, 15) is 29.5 Å². The molecular weight excluding hydrogens is 610 g/mol. The number of carbonyl (C=O) groups excluding carboxylic acids is 3. The number of aromatic nitrogens is 2. The van der Waals surface area contributed by atoms with Crippen molar-refractivity contribution in [2.75, 3.05) is 23.8 Å². The SMILES string of the molecule is Nc1nc(/C(=N/O)C(=O)N[C@@H]2C(=O)N3C(C(=O)O)=C(Sc4ccncc4CSCCNC=O)CS[C@H]23)c(Cl)s1. The number of pyridine rings is 1. The molecule has 2 aliphatic rings. The lowest BCUT2D eigenvalue weighted by atomic mass is 10.0. The van der Waals surface area contributed by atoms with Crippen molar-refractivity contribution in [3.63, 3.8) is 0 Å². The van der Waals surface area contributed by atoms with Crippen molar-refractivity contribution < 1.29 is 29.5 Å². The Kier molecular flexibility index (Phi) is 9.60. The summed E-state index contributed by atoms with van der Waals surface area (Å²) in [7, 11) is 0. The van der Waals surface area contributed by atoms with Gasteiger partial charge in [0.05, 0.1) is 0 Å². The minimum atomic E-state index is -1.27. The maximum absolute atomic E-state index is 13.0. The summed E-state index contributed by atoms with van der Waals surface area (Å²) in [6, 6.07) is 0.725. The molecule has 0 aromatic carbocycles. The Morgan fingerprint density at radius 3 is 2.87 bits per heavy atom. The molecule has 1 saturated heterocycles. The topological polar surface area (TPSA) is 200 Å². The number of amides is 3. The molecule has 0 radical (unpaired) electrons. The van der Waals surface area contributed by atoms with Crippen LogP contribution in [0.15, 0.2) is 39.1 Å². The Bertz CT molecular complexity index is 1370. The number of hydrogen-bond donors (Lipinski definition) is 5. The van der Waals surface area contributed by atoms with Gasteiger partial charge < -0.3 is 26.7 Å². The second-order valence-corrected chi connectivity index (χ2v) is 12.8. The van der Waals surface area contributed by atoms with Crippen molar-refractivity contribution in [1.29, 1.82) is 0 Å². The Balaban J connectivity index is 1.48. The van der Waals surface area contributed by atoms with Crippen LogP contribution in [0.2, 0.25) is 4.34 Å². The lowest BCUT2D eigenvalue weighted by molar-refractivity contribution is -0.150. The molecule has 1 fully saturated rings. The van der Waals surface area contributed by atoms with Crippen LogP contribution in [0.4, 0.5) is 5.13 Å². The Morgan fingerprint density at radius 2 is 2.21 bits per heavy atom. The van der Waals surface area contributed by atoms with Gasteiger partial charge in [-0.2, -0.15) is 11.8 Å². The van der Waals surface area contributed by atoms with Gasteiger partial charge >= 0.3 is 5.97 Å². The van der Waals surface area contributed by atoms with Crippen molar-refractivity contribution in [2.24, 2.45) is 5.16 Å². The predicted molar refractivity (Wildman–Crippen MR) is 150 cm³/mol. The number of anilines is 1. The molecule has 2 aliphatic heterocycles. The van der Waals surface area contributed by atoms with Crippen LogP contribution < -0.4 is 16.4 Å². The minimum Gasteiger partial charge on any atom is -0.477 e. The highest BCUT2D eigenvalue weighted by Gasteiger charge is 2.54. The van der Waals surface area contributed by atoms with Gasteiger partial charge in [-0.05, 0) is 11.6 Å². The summed E-state index contributed by atoms with van der Waals surface area (Å²) in [4.78, 5) is 58.9. The van der Waals surface area contributed by atoms with E-state index in [1.54, 1.807) is 30.2 Å². The summed E-state index contributed by atoms with van der Waals surface area (Å²) in [6.07, 6.45) is 3.94. The van der Waals surface area contributed by atoms with Crippen LogP contribution in [-0.4, -0.2) is 84.6 Å². The van der Waals surface area contributed by atoms with Crippen molar-refractivity contribution in [3.05, 3.63) is 44.7 Å². The Labute approximate surface area is 243 Å². The molecule has 0 unspecified atom stereocenters. The lowest BCUT2D eigenvalue weighted by Gasteiger charge is -2.49. The monoisotopic (exact) mass is 629 g/mol. The molecule has 0 aliphatic carbocycles. The highest BCUT2D eigenvalue weighted by molar-refractivity contribution is 8.06. The number of nitrogens with two attached hydrogens (primary N) is 1. The number of β-lactam (4-membered cyclic amide) rings is 1. The number of fused-ring (bicyclic) bond motifs is 1. The van der Waals surface area contributed by atoms with Crippen molar-refractivity contribution in [2.45, 2.75) is 22.1 Å². The maximum Gasteiger partial charge on any atom is 0.353 e. The second-order valence-electron chi connectivity index (χ2n) is 7.77. The third-order valence-corrected chi connectivity index (χ3v) is 10.1. The normalized spacial score (nSPS) is 18.8. The molecule has 6 N–H and O–H groups in total. The van der Waals surface area contributed by atoms with Crippen LogP contribution in [0.25, 0.3) is 0 Å². The number of hydrogen-bond acceptors (Lipinski definition) is 13. The number of rotatable bonds is 12. The van der Waals surface area contributed by atoms with E-state index in [2.05, 4.69) is 25.8 Å². The fourth-order valence-corrected chi connectivity index (χ4v) is 8.11. The van der Waals surface area contributed by atoms with E-state index in [1.807, 2.05) is 0 Å². The molecule has 0 saturated carbocycles. The Hall–Kier alpha value is -2.99. The third-order valence-electron chi connectivity index (χ3n) is 5.39. The summed E-state index contributed by atoms with van der Waals surface area (Å²) in [5.74, 6) is -1.23. The third kappa shape index (κ3) is 6.27. The fraction of sp³-hybridized carbons (Fsp3) is 0.286. The fourth-order valence-electron chi connectivity index (χ4n) is 3.67. The van der Waals surface area contributed by atoms with E-state index in [0.29, 0.717) is 29.4 Å². The molecule has 4 rings (SSSR count). The molecule has 3 amide bonds. The highest BCUT2D eigenvalue weighted by Crippen LogP contribution is 2.46. The molecule has 0 spiro atoms. The van der Waals surface area contributed by atoms with Gasteiger partial charge in [-0.3, -0.25) is 24.3 Å². The van der Waals surface area contributed by atoms with E-state index in [4.69, 9.17) is 17.3 Å². The lowest BCUT2D eigenvalue weighted by Crippen LogP contribution is -2.71. The van der Waals surface area contributed by atoms with E-state index in [-0.39, 0.29) is 26.6 Å². The molecule has 0 bridgehead atoms. The second kappa shape index (κ2) is 12.9. The quantitative estimate of drug-likeness (QED) is 0.0565. The van der Waals surface area contributed by atoms with Crippen LogP contribution in [0.1, 0.15) is 11.3 Å². The number of carboxylic acids is 1. The van der Waals surface area contributed by atoms with Gasteiger partial charge in [0.2, 0.25) is 6.41 Å². The highest BCUT2D eigenvalue weighted by atomic mass is 35.5. The summed E-state index contributed by atoms with van der Waals surface area (Å²) in [5, 5.41) is 26.8. The Morgan fingerprint density at radius 1 is 1.41 bits per heavy atom. The van der Waals surface area contributed by atoms with Gasteiger partial charge in [-0.15, -0.1) is 11.8 Å². The van der Waals surface area contributed by atoms with Gasteiger partial charge in [0.25, 0.3) is 11.8 Å². The number of carboxylic acid groups (broad SMARTS) is 1. The zero-order valence-electron chi connectivity index (χ0n) is 19.7. The number of carbonyl (C=O) groups is 4. The smallest absolute Gasteiger partial charge is 0.353 e. The molecule has 2 aromatic rings. The number of thiazole rings is 1. The van der Waals surface area contributed by atoms with Gasteiger partial charge in [-0.1, -0.05) is 39.9 Å². The van der Waals surface area contributed by atoms with Gasteiger partial charge in [0.15, 0.2) is 10.8 Å². The van der Waals surface area contributed by atoms with E-state index < -0.39 is 34.9 Å². The van der Waals surface area contributed by atoms with Crippen molar-refractivity contribution >= 4 is 93.3 Å². The van der Waals surface area contributed by atoms with E-state index in [1.165, 1.54) is 23.5 Å². The molecule has 4 heterocycles. The summed E-state index contributed by atoms with van der Waals surface area (Å²) >= 11 is 11.0. The molecule has 13 nitrogen and oxygen atoms in total. The number of halogens is 1. The first-order valence-corrected chi connectivity index (χ1v) is 15.2. The number of nitrogens with zero attached hydrogens (tertiary/aromatic N) is 4. The summed E-state index contributed by atoms with van der Waals surface area (Å²) < 4.78 is 0.0355. The standard InChI is InChI=1S/C21H20ClN7O6S4/c22-16-12(27-21(23)39-16)13(28-35)17(31)26-14-18(32)29-15(20(33)34)11(7-37-19(14)29)38-10-1-2-24-5-9(10)6-36-4-3-25-8-30/h1-2,5,8,14,19,35H,3-4,6-7H2,(H2,23,27)(H,25,30)(H,26,31)(H,33,34)/b28-13-/t14-,19-/m1/s1. The first kappa shape index (κ1) is 29.0. The van der Waals surface area contributed by atoms with Gasteiger partial charge in [-0.25, -0.2) is 9.78 Å². The number of nitrogens with one attached hydrogen (secondary N) is 2. The predicted octanol–water partition coefficient (Wildman–Crippen LogP) is 1.42. The maximum atomic E-state index is 13.0. The van der Waals surface area contributed by atoms with Crippen molar-refractivity contribution in [1.82, 2.24) is 25.5 Å². The molecule has 39 heavy (non-hydrogen) atoms. The summed E-state index contributed by atoms with van der Waals surface area (Å²) in [6.45, 7) is 0.522. The first-order chi connectivity index (χ1) is 18.8.